The zero-order valence-corrected chi connectivity index (χ0v) is 14.9. The summed E-state index contributed by atoms with van der Waals surface area (Å²) in [7, 11) is 3.30. The van der Waals surface area contributed by atoms with Gasteiger partial charge in [0.2, 0.25) is 5.95 Å². The largest absolute Gasteiger partial charge is 0.497 e. The van der Waals surface area contributed by atoms with Crippen LogP contribution in [0.25, 0.3) is 5.70 Å². The van der Waals surface area contributed by atoms with Crippen molar-refractivity contribution in [1.29, 1.82) is 0 Å². The van der Waals surface area contributed by atoms with Gasteiger partial charge in [0.25, 0.3) is 0 Å². The lowest BCUT2D eigenvalue weighted by Crippen LogP contribution is -2.20. The van der Waals surface area contributed by atoms with Gasteiger partial charge in [-0.3, -0.25) is 0 Å². The first-order valence-corrected chi connectivity index (χ1v) is 8.37. The number of aryl methyl sites for hydroxylation is 1. The van der Waals surface area contributed by atoms with Crippen molar-refractivity contribution in [2.75, 3.05) is 19.5 Å². The van der Waals surface area contributed by atoms with E-state index in [2.05, 4.69) is 52.7 Å². The van der Waals surface area contributed by atoms with E-state index in [1.807, 2.05) is 22.9 Å². The fraction of sp³-hybridized carbons (Fsp3) is 0.200. The molecule has 2 heterocycles. The fourth-order valence-electron chi connectivity index (χ4n) is 3.11. The second-order valence-electron chi connectivity index (χ2n) is 6.16. The minimum atomic E-state index is -0.0452. The summed E-state index contributed by atoms with van der Waals surface area (Å²) in [5.74, 6) is 2.19. The lowest BCUT2D eigenvalue weighted by atomic mass is 10.0. The first-order chi connectivity index (χ1) is 12.7. The smallest absolute Gasteiger partial charge is 0.226 e. The number of nitrogens with zero attached hydrogens (tertiary/aromatic N) is 3. The van der Waals surface area contributed by atoms with Crippen LogP contribution in [0.4, 0.5) is 5.95 Å². The van der Waals surface area contributed by atoms with E-state index >= 15 is 0 Å². The summed E-state index contributed by atoms with van der Waals surface area (Å²) in [4.78, 5) is 4.35. The molecular weight excluding hydrogens is 328 g/mol. The molecule has 0 saturated heterocycles. The van der Waals surface area contributed by atoms with Gasteiger partial charge in [0, 0.05) is 11.6 Å². The van der Waals surface area contributed by atoms with Crippen LogP contribution < -0.4 is 14.8 Å². The summed E-state index contributed by atoms with van der Waals surface area (Å²) in [5.41, 5.74) is 4.24. The maximum absolute atomic E-state index is 5.56. The SMILES string of the molecule is COc1ccc(C2=C[C@@H](c3ccc(C)cc3)n3ncnc3N2)c(OC)c1. The second kappa shape index (κ2) is 6.55. The van der Waals surface area contributed by atoms with Crippen LogP contribution in [0.15, 0.2) is 54.9 Å². The Balaban J connectivity index is 1.81. The number of fused-ring (bicyclic) bond motifs is 1. The number of hydrogen-bond acceptors (Lipinski definition) is 5. The third kappa shape index (κ3) is 2.79. The summed E-state index contributed by atoms with van der Waals surface area (Å²) in [6.45, 7) is 2.08. The molecule has 1 aliphatic rings. The van der Waals surface area contributed by atoms with Crippen LogP contribution in [0.5, 0.6) is 11.5 Å². The molecule has 1 N–H and O–H groups in total. The van der Waals surface area contributed by atoms with Crippen molar-refractivity contribution in [3.8, 4) is 11.5 Å². The number of rotatable bonds is 4. The number of methoxy groups -OCH3 is 2. The Bertz CT molecular complexity index is 960. The summed E-state index contributed by atoms with van der Waals surface area (Å²) >= 11 is 0. The number of ether oxygens (including phenoxy) is 2. The number of anilines is 1. The monoisotopic (exact) mass is 348 g/mol. The van der Waals surface area contributed by atoms with Crippen molar-refractivity contribution in [1.82, 2.24) is 14.8 Å². The van der Waals surface area contributed by atoms with Crippen LogP contribution in [0.2, 0.25) is 0 Å². The number of allylic oxidation sites excluding steroid dienone is 1. The predicted octanol–water partition coefficient (Wildman–Crippen LogP) is 3.66. The molecule has 132 valence electrons. The third-order valence-corrected chi connectivity index (χ3v) is 4.53. The molecule has 6 nitrogen and oxygen atoms in total. The molecule has 0 saturated carbocycles. The molecule has 1 aliphatic heterocycles. The topological polar surface area (TPSA) is 61.2 Å². The maximum atomic E-state index is 5.56. The molecule has 1 aromatic heterocycles. The van der Waals surface area contributed by atoms with Crippen LogP contribution in [-0.2, 0) is 0 Å². The van der Waals surface area contributed by atoms with Crippen LogP contribution in [-0.4, -0.2) is 29.0 Å². The summed E-state index contributed by atoms with van der Waals surface area (Å²) in [5, 5.41) is 7.73. The molecule has 0 radical (unpaired) electrons. The normalized spacial score (nSPS) is 15.7. The van der Waals surface area contributed by atoms with Gasteiger partial charge in [-0.05, 0) is 30.7 Å². The maximum Gasteiger partial charge on any atom is 0.226 e. The molecule has 0 bridgehead atoms. The Labute approximate surface area is 152 Å². The Morgan fingerprint density at radius 3 is 2.58 bits per heavy atom. The van der Waals surface area contributed by atoms with Crippen molar-refractivity contribution in [2.24, 2.45) is 0 Å². The third-order valence-electron chi connectivity index (χ3n) is 4.53. The van der Waals surface area contributed by atoms with Crippen LogP contribution in [0.1, 0.15) is 22.7 Å². The van der Waals surface area contributed by atoms with E-state index in [1.165, 1.54) is 5.56 Å². The highest BCUT2D eigenvalue weighted by atomic mass is 16.5. The molecule has 3 aromatic rings. The Morgan fingerprint density at radius 1 is 1.04 bits per heavy atom. The van der Waals surface area contributed by atoms with Gasteiger partial charge >= 0.3 is 0 Å². The standard InChI is InChI=1S/C20H20N4O2/c1-13-4-6-14(7-5-13)18-11-17(23-20-21-12-22-24(18)20)16-9-8-15(25-2)10-19(16)26-3/h4-12,18H,1-3H3,(H,21,22,23)/t18-/m0/s1. The van der Waals surface area contributed by atoms with Crippen molar-refractivity contribution in [3.63, 3.8) is 0 Å². The van der Waals surface area contributed by atoms with Crippen molar-refractivity contribution in [2.45, 2.75) is 13.0 Å². The van der Waals surface area contributed by atoms with Crippen LogP contribution in [0, 0.1) is 6.92 Å². The molecule has 0 spiro atoms. The molecule has 0 aliphatic carbocycles. The molecule has 2 aromatic carbocycles. The van der Waals surface area contributed by atoms with Gasteiger partial charge in [-0.1, -0.05) is 29.8 Å². The van der Waals surface area contributed by atoms with E-state index in [0.29, 0.717) is 5.95 Å². The van der Waals surface area contributed by atoms with Gasteiger partial charge in [-0.2, -0.15) is 10.1 Å². The van der Waals surface area contributed by atoms with Gasteiger partial charge in [0.15, 0.2) is 0 Å². The first-order valence-electron chi connectivity index (χ1n) is 8.37. The van der Waals surface area contributed by atoms with Crippen molar-refractivity contribution >= 4 is 11.6 Å². The van der Waals surface area contributed by atoms with E-state index in [0.717, 1.165) is 28.3 Å². The second-order valence-corrected chi connectivity index (χ2v) is 6.16. The highest BCUT2D eigenvalue weighted by Gasteiger charge is 2.24. The average molecular weight is 348 g/mol. The molecule has 1 atom stereocenters. The van der Waals surface area contributed by atoms with Gasteiger partial charge in [0.1, 0.15) is 23.9 Å². The number of aromatic nitrogens is 3. The average Bonchev–Trinajstić information content (AvgIpc) is 3.16. The highest BCUT2D eigenvalue weighted by molar-refractivity contribution is 5.80. The van der Waals surface area contributed by atoms with E-state index in [4.69, 9.17) is 9.47 Å². The highest BCUT2D eigenvalue weighted by Crippen LogP contribution is 2.36. The zero-order valence-electron chi connectivity index (χ0n) is 14.9. The zero-order chi connectivity index (χ0) is 18.1. The van der Waals surface area contributed by atoms with Gasteiger partial charge in [-0.25, -0.2) is 4.68 Å². The fourth-order valence-corrected chi connectivity index (χ4v) is 3.11. The van der Waals surface area contributed by atoms with E-state index < -0.39 is 0 Å². The molecule has 0 fully saturated rings. The lowest BCUT2D eigenvalue weighted by molar-refractivity contribution is 0.393. The summed E-state index contributed by atoms with van der Waals surface area (Å²) in [6, 6.07) is 14.2. The van der Waals surface area contributed by atoms with E-state index in [-0.39, 0.29) is 6.04 Å². The Hall–Kier alpha value is -3.28. The number of hydrogen-bond donors (Lipinski definition) is 1. The number of benzene rings is 2. The van der Waals surface area contributed by atoms with Gasteiger partial charge in [-0.15, -0.1) is 0 Å². The molecule has 0 unspecified atom stereocenters. The first kappa shape index (κ1) is 16.2. The van der Waals surface area contributed by atoms with Gasteiger partial charge < -0.3 is 14.8 Å². The van der Waals surface area contributed by atoms with Crippen molar-refractivity contribution in [3.05, 3.63) is 71.6 Å². The summed E-state index contributed by atoms with van der Waals surface area (Å²) < 4.78 is 12.7. The van der Waals surface area contributed by atoms with Gasteiger partial charge in [0.05, 0.1) is 19.9 Å². The molecule has 26 heavy (non-hydrogen) atoms. The van der Waals surface area contributed by atoms with Crippen molar-refractivity contribution < 1.29 is 9.47 Å². The molecule has 4 rings (SSSR count). The van der Waals surface area contributed by atoms with Crippen LogP contribution in [0.3, 0.4) is 0 Å². The Morgan fingerprint density at radius 2 is 1.85 bits per heavy atom. The molecular formula is C20H20N4O2. The van der Waals surface area contributed by atoms with E-state index in [9.17, 15) is 0 Å². The van der Waals surface area contributed by atoms with Crippen LogP contribution >= 0.6 is 0 Å². The van der Waals surface area contributed by atoms with E-state index in [1.54, 1.807) is 20.5 Å². The summed E-state index contributed by atoms with van der Waals surface area (Å²) in [6.07, 6.45) is 3.70. The lowest BCUT2D eigenvalue weighted by Gasteiger charge is -2.25. The Kier molecular flexibility index (Phi) is 4.08. The minimum absolute atomic E-state index is 0.0452. The number of nitrogens with one attached hydrogen (secondary N) is 1. The molecule has 6 heteroatoms. The molecule has 0 amide bonds. The quantitative estimate of drug-likeness (QED) is 0.780. The minimum Gasteiger partial charge on any atom is -0.497 e. The predicted molar refractivity (Wildman–Crippen MR) is 100 cm³/mol.